The number of benzene rings is 1. The number of rotatable bonds is 3. The third kappa shape index (κ3) is 2.99. The Bertz CT molecular complexity index is 562. The second kappa shape index (κ2) is 5.78. The molecule has 18 heavy (non-hydrogen) atoms. The van der Waals surface area contributed by atoms with Gasteiger partial charge in [-0.25, -0.2) is 0 Å². The summed E-state index contributed by atoms with van der Waals surface area (Å²) in [5, 5.41) is 0.923. The first-order chi connectivity index (χ1) is 8.51. The van der Waals surface area contributed by atoms with E-state index in [1.54, 1.807) is 0 Å². The van der Waals surface area contributed by atoms with E-state index in [2.05, 4.69) is 20.9 Å². The van der Waals surface area contributed by atoms with Crippen LogP contribution < -0.4 is 4.74 Å². The van der Waals surface area contributed by atoms with Gasteiger partial charge in [0.05, 0.1) is 10.8 Å². The number of hydrogen-bond acceptors (Lipinski definition) is 3. The van der Waals surface area contributed by atoms with Crippen molar-refractivity contribution >= 4 is 50.5 Å². The highest BCUT2D eigenvalue weighted by atomic mass is 79.9. The number of hydrogen-bond donors (Lipinski definition) is 0. The minimum Gasteiger partial charge on any atom is -0.431 e. The maximum absolute atomic E-state index is 5.93. The van der Waals surface area contributed by atoms with Gasteiger partial charge in [-0.3, -0.25) is 0 Å². The predicted octanol–water partition coefficient (Wildman–Crippen LogP) is 5.71. The third-order valence-corrected chi connectivity index (χ3v) is 5.40. The van der Waals surface area contributed by atoms with Crippen LogP contribution in [0.25, 0.3) is 0 Å². The smallest absolute Gasteiger partial charge is 0.280 e. The molecule has 0 spiro atoms. The molecule has 0 bridgehead atoms. The Balaban J connectivity index is 2.28. The van der Waals surface area contributed by atoms with Crippen LogP contribution in [0.15, 0.2) is 16.6 Å². The normalized spacial score (nSPS) is 10.7. The van der Waals surface area contributed by atoms with Gasteiger partial charge in [0.15, 0.2) is 0 Å². The van der Waals surface area contributed by atoms with Gasteiger partial charge in [-0.1, -0.05) is 38.9 Å². The van der Waals surface area contributed by atoms with Gasteiger partial charge >= 0.3 is 0 Å². The zero-order valence-electron chi connectivity index (χ0n) is 9.76. The zero-order valence-corrected chi connectivity index (χ0v) is 13.7. The summed E-state index contributed by atoms with van der Waals surface area (Å²) in [7, 11) is 0. The van der Waals surface area contributed by atoms with Crippen LogP contribution in [0, 0.1) is 13.8 Å². The Hall–Kier alpha value is -0.290. The van der Waals surface area contributed by atoms with Crippen molar-refractivity contribution in [2.75, 3.05) is 0 Å². The van der Waals surface area contributed by atoms with Crippen molar-refractivity contribution in [3.63, 3.8) is 0 Å². The summed E-state index contributed by atoms with van der Waals surface area (Å²) < 4.78 is 6.79. The summed E-state index contributed by atoms with van der Waals surface area (Å²) in [6.07, 6.45) is 0. The minimum atomic E-state index is 0.345. The van der Waals surface area contributed by atoms with E-state index in [1.807, 2.05) is 26.0 Å². The molecule has 1 aromatic heterocycles. The number of alkyl halides is 1. The fraction of sp³-hybridized carbons (Fsp3) is 0.250. The highest BCUT2D eigenvalue weighted by Gasteiger charge is 2.11. The molecule has 0 fully saturated rings. The number of aryl methyl sites for hydroxylation is 2. The number of thiazole rings is 1. The van der Waals surface area contributed by atoms with E-state index in [0.717, 1.165) is 26.2 Å². The summed E-state index contributed by atoms with van der Waals surface area (Å²) in [5.74, 6) is 1.10. The second-order valence-electron chi connectivity index (χ2n) is 3.80. The molecule has 0 aliphatic heterocycles. The fourth-order valence-corrected chi connectivity index (χ4v) is 3.07. The topological polar surface area (TPSA) is 22.1 Å². The molecule has 0 N–H and O–H groups in total. The molecule has 0 saturated carbocycles. The number of aromatic nitrogens is 1. The van der Waals surface area contributed by atoms with Gasteiger partial charge in [-0.05, 0) is 37.1 Å². The quantitative estimate of drug-likeness (QED) is 0.649. The molecule has 0 aliphatic carbocycles. The van der Waals surface area contributed by atoms with Crippen LogP contribution in [0.3, 0.4) is 0 Å². The van der Waals surface area contributed by atoms with Gasteiger partial charge in [0.1, 0.15) is 10.9 Å². The first kappa shape index (κ1) is 14.1. The van der Waals surface area contributed by atoms with Crippen LogP contribution in [-0.4, -0.2) is 4.98 Å². The van der Waals surface area contributed by atoms with Gasteiger partial charge in [-0.2, -0.15) is 4.98 Å². The lowest BCUT2D eigenvalue weighted by molar-refractivity contribution is 0.478. The van der Waals surface area contributed by atoms with E-state index in [1.165, 1.54) is 11.3 Å². The Labute approximate surface area is 128 Å². The van der Waals surface area contributed by atoms with Crippen molar-refractivity contribution in [3.8, 4) is 10.9 Å². The molecule has 0 amide bonds. The van der Waals surface area contributed by atoms with Crippen molar-refractivity contribution in [2.45, 2.75) is 19.7 Å². The first-order valence-electron chi connectivity index (χ1n) is 5.17. The van der Waals surface area contributed by atoms with Crippen LogP contribution in [-0.2, 0) is 5.88 Å². The van der Waals surface area contributed by atoms with E-state index >= 15 is 0 Å². The van der Waals surface area contributed by atoms with Gasteiger partial charge in [0.25, 0.3) is 5.19 Å². The van der Waals surface area contributed by atoms with Crippen molar-refractivity contribution in [2.24, 2.45) is 0 Å². The second-order valence-corrected chi connectivity index (χ2v) is 6.26. The number of halogens is 3. The molecule has 0 atom stereocenters. The van der Waals surface area contributed by atoms with Crippen molar-refractivity contribution in [1.29, 1.82) is 0 Å². The highest BCUT2D eigenvalue weighted by Crippen LogP contribution is 2.34. The standard InChI is InChI=1S/C12H10BrCl2NOS/c1-6-3-8(4-7(2)10(6)13)17-12-16-11(15)9(5-14)18-12/h3-4H,5H2,1-2H3. The van der Waals surface area contributed by atoms with Crippen LogP contribution in [0.4, 0.5) is 0 Å². The lowest BCUT2D eigenvalue weighted by atomic mass is 10.1. The predicted molar refractivity (Wildman–Crippen MR) is 80.4 cm³/mol. The Kier molecular flexibility index (Phi) is 4.54. The maximum atomic E-state index is 5.93. The lowest BCUT2D eigenvalue weighted by Gasteiger charge is -2.07. The number of ether oxygens (including phenoxy) is 1. The largest absolute Gasteiger partial charge is 0.431 e. The van der Waals surface area contributed by atoms with Crippen LogP contribution in [0.5, 0.6) is 10.9 Å². The minimum absolute atomic E-state index is 0.345. The maximum Gasteiger partial charge on any atom is 0.280 e. The van der Waals surface area contributed by atoms with Crippen molar-refractivity contribution < 1.29 is 4.74 Å². The molecule has 0 aliphatic rings. The molecule has 1 heterocycles. The SMILES string of the molecule is Cc1cc(Oc2nc(Cl)c(CCl)s2)cc(C)c1Br. The fourth-order valence-electron chi connectivity index (χ4n) is 1.50. The molecular formula is C12H10BrCl2NOS. The van der Waals surface area contributed by atoms with E-state index < -0.39 is 0 Å². The summed E-state index contributed by atoms with van der Waals surface area (Å²) in [6, 6.07) is 3.90. The first-order valence-corrected chi connectivity index (χ1v) is 7.69. The Morgan fingerprint density at radius 1 is 1.33 bits per heavy atom. The van der Waals surface area contributed by atoms with Gasteiger partial charge in [0, 0.05) is 4.47 Å². The van der Waals surface area contributed by atoms with E-state index in [-0.39, 0.29) is 0 Å². The summed E-state index contributed by atoms with van der Waals surface area (Å²) in [6.45, 7) is 4.03. The molecular weight excluding hydrogens is 357 g/mol. The van der Waals surface area contributed by atoms with Crippen LogP contribution >= 0.6 is 50.5 Å². The summed E-state index contributed by atoms with van der Waals surface area (Å²) >= 11 is 16.6. The molecule has 1 aromatic carbocycles. The molecule has 0 radical (unpaired) electrons. The average Bonchev–Trinajstić information content (AvgIpc) is 2.66. The van der Waals surface area contributed by atoms with Crippen molar-refractivity contribution in [1.82, 2.24) is 4.98 Å². The molecule has 0 saturated heterocycles. The van der Waals surface area contributed by atoms with Gasteiger partial charge in [-0.15, -0.1) is 11.6 Å². The molecule has 2 aromatic rings. The van der Waals surface area contributed by atoms with E-state index in [4.69, 9.17) is 27.9 Å². The monoisotopic (exact) mass is 365 g/mol. The molecule has 96 valence electrons. The summed E-state index contributed by atoms with van der Waals surface area (Å²) in [4.78, 5) is 4.94. The average molecular weight is 367 g/mol. The van der Waals surface area contributed by atoms with E-state index in [9.17, 15) is 0 Å². The Morgan fingerprint density at radius 2 is 1.94 bits per heavy atom. The van der Waals surface area contributed by atoms with Crippen molar-refractivity contribution in [3.05, 3.63) is 37.8 Å². The molecule has 6 heteroatoms. The van der Waals surface area contributed by atoms with Gasteiger partial charge in [0.2, 0.25) is 0 Å². The third-order valence-electron chi connectivity index (χ3n) is 2.37. The van der Waals surface area contributed by atoms with Crippen LogP contribution in [0.1, 0.15) is 16.0 Å². The highest BCUT2D eigenvalue weighted by molar-refractivity contribution is 9.10. The zero-order chi connectivity index (χ0) is 13.3. The van der Waals surface area contributed by atoms with Gasteiger partial charge < -0.3 is 4.74 Å². The molecule has 2 rings (SSSR count). The Morgan fingerprint density at radius 3 is 2.44 bits per heavy atom. The lowest BCUT2D eigenvalue weighted by Crippen LogP contribution is -1.87. The summed E-state index contributed by atoms with van der Waals surface area (Å²) in [5.41, 5.74) is 2.23. The van der Waals surface area contributed by atoms with Crippen LogP contribution in [0.2, 0.25) is 5.15 Å². The number of nitrogens with zero attached hydrogens (tertiary/aromatic N) is 1. The molecule has 2 nitrogen and oxygen atoms in total. The van der Waals surface area contributed by atoms with E-state index in [0.29, 0.717) is 16.2 Å². The molecule has 0 unspecified atom stereocenters.